The lowest BCUT2D eigenvalue weighted by Gasteiger charge is -2.09. The molecule has 2 heterocycles. The quantitative estimate of drug-likeness (QED) is 0.542. The molecule has 1 amide bonds. The van der Waals surface area contributed by atoms with Gasteiger partial charge in [0.05, 0.1) is 12.2 Å². The van der Waals surface area contributed by atoms with E-state index in [4.69, 9.17) is 15.6 Å². The zero-order chi connectivity index (χ0) is 23.3. The Bertz CT molecular complexity index is 1100. The summed E-state index contributed by atoms with van der Waals surface area (Å²) in [5.41, 5.74) is 10.9. The van der Waals surface area contributed by atoms with Crippen LogP contribution in [0.3, 0.4) is 0 Å². The second-order valence-corrected chi connectivity index (χ2v) is 7.81. The number of carboxylic acids is 1. The molecule has 0 saturated carbocycles. The van der Waals surface area contributed by atoms with Gasteiger partial charge in [-0.3, -0.25) is 9.78 Å². The van der Waals surface area contributed by atoms with Crippen molar-refractivity contribution in [1.29, 1.82) is 0 Å². The molecule has 3 aromatic rings. The Kier molecular flexibility index (Phi) is 7.21. The number of aromatic nitrogens is 2. The Labute approximate surface area is 185 Å². The van der Waals surface area contributed by atoms with E-state index in [1.54, 1.807) is 23.7 Å². The number of nitrogens with one attached hydrogen (secondary N) is 1. The second-order valence-electron chi connectivity index (χ2n) is 6.87. The fraction of sp³-hybridized carbons (Fsp3) is 0.238. The van der Waals surface area contributed by atoms with Gasteiger partial charge in [-0.1, -0.05) is 12.1 Å². The summed E-state index contributed by atoms with van der Waals surface area (Å²) in [5.74, 6) is -2.82. The number of hydrogen-bond donors (Lipinski definition) is 3. The minimum atomic E-state index is -5.08. The molecule has 32 heavy (non-hydrogen) atoms. The number of pyridine rings is 1. The average molecular weight is 464 g/mol. The number of nitrogens with two attached hydrogens (primary N) is 1. The molecule has 0 aliphatic heterocycles. The number of hydrogen-bond acceptors (Lipinski definition) is 6. The Balaban J connectivity index is 0.000000360. The number of rotatable bonds is 4. The maximum atomic E-state index is 12.6. The van der Waals surface area contributed by atoms with E-state index in [1.165, 1.54) is 0 Å². The Morgan fingerprint density at radius 3 is 2.56 bits per heavy atom. The van der Waals surface area contributed by atoms with Crippen molar-refractivity contribution in [1.82, 2.24) is 15.3 Å². The van der Waals surface area contributed by atoms with Gasteiger partial charge in [0.2, 0.25) is 0 Å². The molecule has 11 heteroatoms. The van der Waals surface area contributed by atoms with Crippen molar-refractivity contribution >= 4 is 23.2 Å². The average Bonchev–Trinajstić information content (AvgIpc) is 3.39. The van der Waals surface area contributed by atoms with E-state index in [-0.39, 0.29) is 11.9 Å². The van der Waals surface area contributed by atoms with E-state index >= 15 is 0 Å². The molecule has 4 rings (SSSR count). The summed E-state index contributed by atoms with van der Waals surface area (Å²) in [5, 5.41) is 13.0. The molecule has 0 bridgehead atoms. The minimum Gasteiger partial charge on any atom is -0.475 e. The van der Waals surface area contributed by atoms with Crippen molar-refractivity contribution in [2.75, 3.05) is 0 Å². The van der Waals surface area contributed by atoms with Gasteiger partial charge in [-0.25, -0.2) is 9.78 Å². The second kappa shape index (κ2) is 9.88. The standard InChI is InChI=1S/C19H18N4OS.C2HF3O2/c20-16-5-4-13-14(16)2-1-3-15(13)19(24)22-10-18-23-17(11-25-18)12-6-8-21-9-7-12;3-2(4,5)1(6)7/h1-3,6-9,11,16H,4-5,10,20H2,(H,22,24);(H,6,7). The molecule has 4 N–H and O–H groups in total. The van der Waals surface area contributed by atoms with Crippen LogP contribution in [0.5, 0.6) is 0 Å². The van der Waals surface area contributed by atoms with Crippen molar-refractivity contribution in [3.8, 4) is 11.3 Å². The lowest BCUT2D eigenvalue weighted by Crippen LogP contribution is -2.24. The number of amides is 1. The Hall–Kier alpha value is -3.31. The number of benzene rings is 1. The van der Waals surface area contributed by atoms with Gasteiger partial charge in [0.25, 0.3) is 5.91 Å². The first-order chi connectivity index (χ1) is 15.2. The van der Waals surface area contributed by atoms with Gasteiger partial charge in [-0.15, -0.1) is 11.3 Å². The van der Waals surface area contributed by atoms with Crippen molar-refractivity contribution < 1.29 is 27.9 Å². The number of nitrogens with zero attached hydrogens (tertiary/aromatic N) is 2. The SMILES string of the molecule is NC1CCc2c(C(=O)NCc3nc(-c4ccncc4)cs3)cccc21.O=C(O)C(F)(F)F. The normalized spacial score (nSPS) is 14.8. The first-order valence-electron chi connectivity index (χ1n) is 9.47. The number of fused-ring (bicyclic) bond motifs is 1. The van der Waals surface area contributed by atoms with Crippen LogP contribution in [0.2, 0.25) is 0 Å². The van der Waals surface area contributed by atoms with Crippen LogP contribution in [0.15, 0.2) is 48.1 Å². The van der Waals surface area contributed by atoms with Gasteiger partial charge < -0.3 is 16.2 Å². The van der Waals surface area contributed by atoms with Crippen molar-refractivity contribution in [3.05, 3.63) is 69.8 Å². The molecule has 7 nitrogen and oxygen atoms in total. The van der Waals surface area contributed by atoms with Crippen LogP contribution in [0, 0.1) is 0 Å². The van der Waals surface area contributed by atoms with Crippen molar-refractivity contribution in [2.24, 2.45) is 5.73 Å². The van der Waals surface area contributed by atoms with Gasteiger partial charge in [-0.05, 0) is 42.2 Å². The fourth-order valence-corrected chi connectivity index (χ4v) is 3.94. The molecular weight excluding hydrogens is 445 g/mol. The lowest BCUT2D eigenvalue weighted by molar-refractivity contribution is -0.192. The molecule has 1 aliphatic rings. The molecule has 1 aliphatic carbocycles. The number of aliphatic carboxylic acids is 1. The summed E-state index contributed by atoms with van der Waals surface area (Å²) in [4.78, 5) is 30.1. The molecule has 1 atom stereocenters. The lowest BCUT2D eigenvalue weighted by atomic mass is 10.0. The topological polar surface area (TPSA) is 118 Å². The van der Waals surface area contributed by atoms with Crippen LogP contribution < -0.4 is 11.1 Å². The highest BCUT2D eigenvalue weighted by Gasteiger charge is 2.38. The molecule has 2 aromatic heterocycles. The van der Waals surface area contributed by atoms with Gasteiger partial charge >= 0.3 is 12.1 Å². The smallest absolute Gasteiger partial charge is 0.475 e. The van der Waals surface area contributed by atoms with Crippen LogP contribution in [0.1, 0.15) is 39.0 Å². The summed E-state index contributed by atoms with van der Waals surface area (Å²) in [6.45, 7) is 0.421. The number of carbonyl (C=O) groups is 2. The minimum absolute atomic E-state index is 0.0460. The largest absolute Gasteiger partial charge is 0.490 e. The van der Waals surface area contributed by atoms with Gasteiger partial charge in [0, 0.05) is 34.9 Å². The van der Waals surface area contributed by atoms with Crippen LogP contribution in [-0.2, 0) is 17.8 Å². The maximum absolute atomic E-state index is 12.6. The number of alkyl halides is 3. The van der Waals surface area contributed by atoms with Gasteiger partial charge in [-0.2, -0.15) is 13.2 Å². The first kappa shape index (κ1) is 23.4. The highest BCUT2D eigenvalue weighted by Crippen LogP contribution is 2.31. The third kappa shape index (κ3) is 5.68. The molecule has 0 radical (unpaired) electrons. The van der Waals surface area contributed by atoms with Crippen LogP contribution in [-0.4, -0.2) is 33.1 Å². The molecule has 0 fully saturated rings. The van der Waals surface area contributed by atoms with Crippen LogP contribution in [0.25, 0.3) is 11.3 Å². The summed E-state index contributed by atoms with van der Waals surface area (Å²) in [6, 6.07) is 9.69. The number of halogens is 3. The first-order valence-corrected chi connectivity index (χ1v) is 10.3. The molecule has 168 valence electrons. The summed E-state index contributed by atoms with van der Waals surface area (Å²) < 4.78 is 31.7. The number of carbonyl (C=O) groups excluding carboxylic acids is 1. The number of thiazole rings is 1. The predicted molar refractivity (Wildman–Crippen MR) is 112 cm³/mol. The number of carboxylic acid groups (broad SMARTS) is 1. The maximum Gasteiger partial charge on any atom is 0.490 e. The molecule has 0 saturated heterocycles. The Morgan fingerprint density at radius 1 is 1.22 bits per heavy atom. The molecule has 1 aromatic carbocycles. The predicted octanol–water partition coefficient (Wildman–Crippen LogP) is 3.71. The van der Waals surface area contributed by atoms with Gasteiger partial charge in [0.15, 0.2) is 0 Å². The molecule has 0 spiro atoms. The monoisotopic (exact) mass is 464 g/mol. The van der Waals surface area contributed by atoms with Crippen LogP contribution >= 0.6 is 11.3 Å². The van der Waals surface area contributed by atoms with E-state index in [0.717, 1.165) is 45.8 Å². The van der Waals surface area contributed by atoms with E-state index in [2.05, 4.69) is 15.3 Å². The summed E-state index contributed by atoms with van der Waals surface area (Å²) in [6.07, 6.45) is 0.179. The third-order valence-corrected chi connectivity index (χ3v) is 5.58. The van der Waals surface area contributed by atoms with E-state index in [0.29, 0.717) is 6.54 Å². The summed E-state index contributed by atoms with van der Waals surface area (Å²) in [7, 11) is 0. The highest BCUT2D eigenvalue weighted by molar-refractivity contribution is 7.09. The fourth-order valence-electron chi connectivity index (χ4n) is 3.20. The van der Waals surface area contributed by atoms with E-state index in [9.17, 15) is 18.0 Å². The van der Waals surface area contributed by atoms with Crippen molar-refractivity contribution in [3.63, 3.8) is 0 Å². The Morgan fingerprint density at radius 2 is 1.91 bits per heavy atom. The molecular formula is C21H19F3N4O3S. The summed E-state index contributed by atoms with van der Waals surface area (Å²) >= 11 is 1.54. The highest BCUT2D eigenvalue weighted by atomic mass is 32.1. The van der Waals surface area contributed by atoms with E-state index < -0.39 is 12.1 Å². The third-order valence-electron chi connectivity index (χ3n) is 4.73. The molecule has 1 unspecified atom stereocenters. The van der Waals surface area contributed by atoms with E-state index in [1.807, 2.05) is 35.7 Å². The van der Waals surface area contributed by atoms with Crippen molar-refractivity contribution in [2.45, 2.75) is 31.6 Å². The zero-order valence-corrected chi connectivity index (χ0v) is 17.4. The zero-order valence-electron chi connectivity index (χ0n) is 16.6. The van der Waals surface area contributed by atoms with Crippen LogP contribution in [0.4, 0.5) is 13.2 Å². The van der Waals surface area contributed by atoms with Gasteiger partial charge in [0.1, 0.15) is 5.01 Å².